The van der Waals surface area contributed by atoms with E-state index in [1.165, 1.54) is 45.2 Å². The molecular weight excluding hydrogens is 362 g/mol. The first-order valence-corrected chi connectivity index (χ1v) is 10.8. The van der Waals surface area contributed by atoms with E-state index < -0.39 is 0 Å². The number of benzene rings is 1. The Morgan fingerprint density at radius 1 is 0.931 bits per heavy atom. The molecule has 0 bridgehead atoms. The van der Waals surface area contributed by atoms with Gasteiger partial charge in [0, 0.05) is 31.9 Å². The van der Waals surface area contributed by atoms with Crippen LogP contribution in [0, 0.1) is 0 Å². The van der Waals surface area contributed by atoms with E-state index in [1.54, 1.807) is 0 Å². The summed E-state index contributed by atoms with van der Waals surface area (Å²) in [6.45, 7) is 4.56. The number of rotatable bonds is 4. The minimum Gasteiger partial charge on any atom is -0.341 e. The van der Waals surface area contributed by atoms with E-state index in [0.717, 1.165) is 41.6 Å². The highest BCUT2D eigenvalue weighted by molar-refractivity contribution is 5.89. The van der Waals surface area contributed by atoms with E-state index >= 15 is 0 Å². The van der Waals surface area contributed by atoms with Gasteiger partial charge in [-0.05, 0) is 50.9 Å². The van der Waals surface area contributed by atoms with Crippen LogP contribution in [-0.2, 0) is 7.05 Å². The van der Waals surface area contributed by atoms with Crippen molar-refractivity contribution in [2.75, 3.05) is 36.4 Å². The Hall–Kier alpha value is -2.67. The summed E-state index contributed by atoms with van der Waals surface area (Å²) in [6.07, 6.45) is 8.32. The fourth-order valence-electron chi connectivity index (χ4n) is 4.62. The Balaban J connectivity index is 1.38. The molecule has 2 fully saturated rings. The van der Waals surface area contributed by atoms with E-state index in [0.29, 0.717) is 6.04 Å². The largest absolute Gasteiger partial charge is 0.341 e. The molecule has 1 N–H and O–H groups in total. The monoisotopic (exact) mass is 391 g/mol. The lowest BCUT2D eigenvalue weighted by molar-refractivity contribution is 0.141. The summed E-state index contributed by atoms with van der Waals surface area (Å²) < 4.78 is 1.83. The summed E-state index contributed by atoms with van der Waals surface area (Å²) in [4.78, 5) is 14.8. The molecule has 0 spiro atoms. The van der Waals surface area contributed by atoms with Crippen LogP contribution >= 0.6 is 0 Å². The molecule has 2 aliphatic rings. The zero-order valence-corrected chi connectivity index (χ0v) is 17.1. The minimum absolute atomic E-state index is 0.717. The molecule has 1 aromatic carbocycles. The van der Waals surface area contributed by atoms with Gasteiger partial charge in [-0.15, -0.1) is 0 Å². The molecule has 0 atom stereocenters. The first-order valence-electron chi connectivity index (χ1n) is 10.8. The molecule has 0 amide bonds. The SMILES string of the molecule is Cn1ncc2c(Nc3ccccc3)nc(N3CCC(N4CCCCC4)CC3)nc21. The summed E-state index contributed by atoms with van der Waals surface area (Å²) >= 11 is 0. The van der Waals surface area contributed by atoms with Crippen molar-refractivity contribution in [2.45, 2.75) is 38.1 Å². The number of piperidine rings is 2. The lowest BCUT2D eigenvalue weighted by Gasteiger charge is -2.40. The number of hydrogen-bond acceptors (Lipinski definition) is 6. The van der Waals surface area contributed by atoms with Gasteiger partial charge in [-0.1, -0.05) is 24.6 Å². The minimum atomic E-state index is 0.717. The highest BCUT2D eigenvalue weighted by Gasteiger charge is 2.27. The van der Waals surface area contributed by atoms with Crippen LogP contribution in [0.2, 0.25) is 0 Å². The molecule has 29 heavy (non-hydrogen) atoms. The predicted octanol–water partition coefficient (Wildman–Crippen LogP) is 3.56. The van der Waals surface area contributed by atoms with Gasteiger partial charge in [-0.2, -0.15) is 15.1 Å². The van der Waals surface area contributed by atoms with Crippen molar-refractivity contribution in [1.29, 1.82) is 0 Å². The third kappa shape index (κ3) is 3.79. The lowest BCUT2D eigenvalue weighted by Crippen LogP contribution is -2.47. The molecule has 7 nitrogen and oxygen atoms in total. The van der Waals surface area contributed by atoms with E-state index in [1.807, 2.05) is 48.3 Å². The average molecular weight is 392 g/mol. The van der Waals surface area contributed by atoms with Crippen LogP contribution in [0.5, 0.6) is 0 Å². The van der Waals surface area contributed by atoms with Crippen molar-refractivity contribution in [3.05, 3.63) is 36.5 Å². The molecule has 0 radical (unpaired) electrons. The zero-order chi connectivity index (χ0) is 19.6. The Morgan fingerprint density at radius 2 is 1.69 bits per heavy atom. The summed E-state index contributed by atoms with van der Waals surface area (Å²) in [6, 6.07) is 10.9. The molecule has 0 aliphatic carbocycles. The summed E-state index contributed by atoms with van der Waals surface area (Å²) in [5.74, 6) is 1.62. The van der Waals surface area contributed by atoms with Crippen LogP contribution in [0.3, 0.4) is 0 Å². The van der Waals surface area contributed by atoms with Gasteiger partial charge in [0.1, 0.15) is 5.82 Å². The normalized spacial score (nSPS) is 19.0. The van der Waals surface area contributed by atoms with Gasteiger partial charge in [0.25, 0.3) is 0 Å². The number of hydrogen-bond donors (Lipinski definition) is 1. The standard InChI is InChI=1S/C22H29N7/c1-27-21-19(16-23-27)20(24-17-8-4-2-5-9-17)25-22(26-21)29-14-10-18(11-15-29)28-12-6-3-7-13-28/h2,4-5,8-9,16,18H,3,6-7,10-15H2,1H3,(H,24,25,26). The van der Waals surface area contributed by atoms with E-state index in [4.69, 9.17) is 9.97 Å². The summed E-state index contributed by atoms with van der Waals surface area (Å²) in [5, 5.41) is 8.81. The quantitative estimate of drug-likeness (QED) is 0.734. The molecule has 2 aliphatic heterocycles. The van der Waals surface area contributed by atoms with Crippen LogP contribution in [0.4, 0.5) is 17.5 Å². The summed E-state index contributed by atoms with van der Waals surface area (Å²) in [5.41, 5.74) is 1.89. The van der Waals surface area contributed by atoms with Crippen molar-refractivity contribution in [3.63, 3.8) is 0 Å². The fraction of sp³-hybridized carbons (Fsp3) is 0.500. The van der Waals surface area contributed by atoms with Gasteiger partial charge < -0.3 is 15.1 Å². The van der Waals surface area contributed by atoms with Crippen LogP contribution in [0.25, 0.3) is 11.0 Å². The number of fused-ring (bicyclic) bond motifs is 1. The smallest absolute Gasteiger partial charge is 0.229 e. The van der Waals surface area contributed by atoms with Gasteiger partial charge in [0.15, 0.2) is 5.65 Å². The molecular formula is C22H29N7. The molecule has 2 aromatic heterocycles. The molecule has 4 heterocycles. The van der Waals surface area contributed by atoms with E-state index in [-0.39, 0.29) is 0 Å². The highest BCUT2D eigenvalue weighted by Crippen LogP contribution is 2.28. The van der Waals surface area contributed by atoms with Crippen molar-refractivity contribution in [3.8, 4) is 0 Å². The molecule has 2 saturated heterocycles. The number of aryl methyl sites for hydroxylation is 1. The lowest BCUT2D eigenvalue weighted by atomic mass is 10.0. The topological polar surface area (TPSA) is 62.1 Å². The first kappa shape index (κ1) is 18.4. The van der Waals surface area contributed by atoms with Gasteiger partial charge >= 0.3 is 0 Å². The Labute approximate surface area is 171 Å². The van der Waals surface area contributed by atoms with Crippen LogP contribution < -0.4 is 10.2 Å². The van der Waals surface area contributed by atoms with Gasteiger partial charge in [0.2, 0.25) is 5.95 Å². The number of aromatic nitrogens is 4. The second-order valence-corrected chi connectivity index (χ2v) is 8.18. The maximum absolute atomic E-state index is 4.91. The zero-order valence-electron chi connectivity index (χ0n) is 17.1. The average Bonchev–Trinajstić information content (AvgIpc) is 3.16. The first-order chi connectivity index (χ1) is 14.3. The molecule has 3 aromatic rings. The second kappa shape index (κ2) is 7.99. The van der Waals surface area contributed by atoms with Crippen LogP contribution in [0.15, 0.2) is 36.5 Å². The third-order valence-corrected chi connectivity index (χ3v) is 6.27. The molecule has 5 rings (SSSR count). The predicted molar refractivity (Wildman–Crippen MR) is 117 cm³/mol. The van der Waals surface area contributed by atoms with Crippen molar-refractivity contribution >= 4 is 28.5 Å². The number of nitrogens with one attached hydrogen (secondary N) is 1. The third-order valence-electron chi connectivity index (χ3n) is 6.27. The van der Waals surface area contributed by atoms with Crippen molar-refractivity contribution in [1.82, 2.24) is 24.6 Å². The maximum Gasteiger partial charge on any atom is 0.229 e. The fourth-order valence-corrected chi connectivity index (χ4v) is 4.62. The van der Waals surface area contributed by atoms with Crippen LogP contribution in [-0.4, -0.2) is 56.9 Å². The second-order valence-electron chi connectivity index (χ2n) is 8.18. The maximum atomic E-state index is 4.91. The molecule has 152 valence electrons. The van der Waals surface area contributed by atoms with Crippen molar-refractivity contribution in [2.24, 2.45) is 7.05 Å². The Kier molecular flexibility index (Phi) is 5.06. The Morgan fingerprint density at radius 3 is 2.45 bits per heavy atom. The number of para-hydroxylation sites is 1. The van der Waals surface area contributed by atoms with E-state index in [9.17, 15) is 0 Å². The Bertz CT molecular complexity index is 954. The van der Waals surface area contributed by atoms with E-state index in [2.05, 4.69) is 20.2 Å². The number of anilines is 3. The number of likely N-dealkylation sites (tertiary alicyclic amines) is 1. The molecule has 0 unspecified atom stereocenters. The molecule has 0 saturated carbocycles. The molecule has 7 heteroatoms. The van der Waals surface area contributed by atoms with Gasteiger partial charge in [-0.25, -0.2) is 0 Å². The van der Waals surface area contributed by atoms with Gasteiger partial charge in [-0.3, -0.25) is 4.68 Å². The highest BCUT2D eigenvalue weighted by atomic mass is 15.3. The number of nitrogens with zero attached hydrogens (tertiary/aromatic N) is 6. The summed E-state index contributed by atoms with van der Waals surface area (Å²) in [7, 11) is 1.94. The van der Waals surface area contributed by atoms with Crippen LogP contribution in [0.1, 0.15) is 32.1 Å². The van der Waals surface area contributed by atoms with Gasteiger partial charge in [0.05, 0.1) is 11.6 Å². The van der Waals surface area contributed by atoms with Crippen molar-refractivity contribution < 1.29 is 0 Å².